The molecule has 2 N–H and O–H groups in total. The SMILES string of the molecule is CCNC(=NCc1ccc(OC)c(OC)c1OC)N1CCN(c2ccccc2O)CC1.I. The number of methoxy groups -OCH3 is 3. The van der Waals surface area contributed by atoms with Gasteiger partial charge >= 0.3 is 0 Å². The van der Waals surface area contributed by atoms with E-state index in [-0.39, 0.29) is 24.0 Å². The molecule has 32 heavy (non-hydrogen) atoms. The fourth-order valence-corrected chi connectivity index (χ4v) is 3.76. The van der Waals surface area contributed by atoms with Gasteiger partial charge in [0, 0.05) is 38.3 Å². The van der Waals surface area contributed by atoms with E-state index in [1.165, 1.54) is 0 Å². The van der Waals surface area contributed by atoms with Gasteiger partial charge in [0.05, 0.1) is 33.6 Å². The number of benzene rings is 2. The van der Waals surface area contributed by atoms with E-state index in [0.29, 0.717) is 29.5 Å². The summed E-state index contributed by atoms with van der Waals surface area (Å²) in [4.78, 5) is 9.29. The minimum absolute atomic E-state index is 0. The van der Waals surface area contributed by atoms with Gasteiger partial charge in [-0.05, 0) is 31.2 Å². The summed E-state index contributed by atoms with van der Waals surface area (Å²) in [7, 11) is 4.82. The van der Waals surface area contributed by atoms with Crippen LogP contribution >= 0.6 is 24.0 Å². The van der Waals surface area contributed by atoms with E-state index < -0.39 is 0 Å². The van der Waals surface area contributed by atoms with Gasteiger partial charge in [0.2, 0.25) is 5.75 Å². The summed E-state index contributed by atoms with van der Waals surface area (Å²) in [6, 6.07) is 11.3. The Balaban J connectivity index is 0.00000363. The molecule has 0 amide bonds. The molecule has 3 rings (SSSR count). The Labute approximate surface area is 207 Å². The number of anilines is 1. The first kappa shape index (κ1) is 25.7. The molecule has 1 aliphatic rings. The van der Waals surface area contributed by atoms with Crippen LogP contribution < -0.4 is 24.4 Å². The van der Waals surface area contributed by atoms with Crippen molar-refractivity contribution in [1.82, 2.24) is 10.2 Å². The second-order valence-corrected chi connectivity index (χ2v) is 7.13. The number of para-hydroxylation sites is 2. The van der Waals surface area contributed by atoms with E-state index in [9.17, 15) is 5.11 Å². The van der Waals surface area contributed by atoms with Gasteiger partial charge in [-0.2, -0.15) is 0 Å². The molecule has 1 saturated heterocycles. The lowest BCUT2D eigenvalue weighted by molar-refractivity contribution is 0.322. The van der Waals surface area contributed by atoms with Crippen molar-refractivity contribution in [2.75, 3.05) is 59.0 Å². The second kappa shape index (κ2) is 12.5. The van der Waals surface area contributed by atoms with E-state index in [0.717, 1.165) is 49.9 Å². The molecule has 2 aromatic carbocycles. The number of aromatic hydroxyl groups is 1. The van der Waals surface area contributed by atoms with E-state index in [1.54, 1.807) is 27.4 Å². The molecule has 176 valence electrons. The summed E-state index contributed by atoms with van der Waals surface area (Å²) in [5, 5.41) is 13.5. The molecular formula is C23H33IN4O4. The maximum atomic E-state index is 10.1. The third-order valence-electron chi connectivity index (χ3n) is 5.32. The van der Waals surface area contributed by atoms with Crippen molar-refractivity contribution in [1.29, 1.82) is 0 Å². The lowest BCUT2D eigenvalue weighted by atomic mass is 10.1. The highest BCUT2D eigenvalue weighted by Gasteiger charge is 2.22. The second-order valence-electron chi connectivity index (χ2n) is 7.13. The number of guanidine groups is 1. The van der Waals surface area contributed by atoms with Crippen LogP contribution in [0.3, 0.4) is 0 Å². The normalized spacial score (nSPS) is 13.9. The van der Waals surface area contributed by atoms with Crippen molar-refractivity contribution < 1.29 is 19.3 Å². The molecule has 0 bridgehead atoms. The first-order chi connectivity index (χ1) is 15.1. The number of hydrogen-bond donors (Lipinski definition) is 2. The summed E-state index contributed by atoms with van der Waals surface area (Å²) in [6.45, 7) is 6.52. The van der Waals surface area contributed by atoms with Gasteiger partial charge in [-0.3, -0.25) is 0 Å². The molecule has 0 saturated carbocycles. The lowest BCUT2D eigenvalue weighted by Gasteiger charge is -2.37. The van der Waals surface area contributed by atoms with Gasteiger partial charge in [0.15, 0.2) is 17.5 Å². The van der Waals surface area contributed by atoms with Crippen LogP contribution in [0, 0.1) is 0 Å². The number of nitrogens with one attached hydrogen (secondary N) is 1. The Morgan fingerprint density at radius 1 is 0.969 bits per heavy atom. The Morgan fingerprint density at radius 3 is 2.25 bits per heavy atom. The molecule has 2 aromatic rings. The largest absolute Gasteiger partial charge is 0.506 e. The van der Waals surface area contributed by atoms with Crippen LogP contribution in [-0.4, -0.2) is 70.0 Å². The minimum Gasteiger partial charge on any atom is -0.506 e. The molecule has 0 aromatic heterocycles. The molecule has 1 aliphatic heterocycles. The molecule has 0 radical (unpaired) electrons. The number of hydrogen-bond acceptors (Lipinski definition) is 6. The topological polar surface area (TPSA) is 78.8 Å². The Kier molecular flexibility index (Phi) is 10.0. The van der Waals surface area contributed by atoms with Crippen LogP contribution in [0.15, 0.2) is 41.4 Å². The highest BCUT2D eigenvalue weighted by Crippen LogP contribution is 2.40. The minimum atomic E-state index is 0. The van der Waals surface area contributed by atoms with E-state index in [2.05, 4.69) is 22.0 Å². The molecular weight excluding hydrogens is 523 g/mol. The molecule has 8 nitrogen and oxygen atoms in total. The molecule has 1 heterocycles. The fraction of sp³-hybridized carbons (Fsp3) is 0.435. The zero-order chi connectivity index (χ0) is 22.2. The van der Waals surface area contributed by atoms with Gasteiger partial charge in [-0.15, -0.1) is 24.0 Å². The van der Waals surface area contributed by atoms with Crippen molar-refractivity contribution in [3.63, 3.8) is 0 Å². The Hall–Kier alpha value is -2.56. The standard InChI is InChI=1S/C23H32N4O4.HI/c1-5-24-23(25-16-17-10-11-20(29-2)22(31-4)21(17)30-3)27-14-12-26(13-15-27)18-8-6-7-9-19(18)28;/h6-11,28H,5,12-16H2,1-4H3,(H,24,25);1H. The van der Waals surface area contributed by atoms with Crippen molar-refractivity contribution in [3.8, 4) is 23.0 Å². The number of ether oxygens (including phenoxy) is 3. The summed E-state index contributed by atoms with van der Waals surface area (Å²) >= 11 is 0. The van der Waals surface area contributed by atoms with E-state index in [1.807, 2.05) is 30.3 Å². The zero-order valence-electron chi connectivity index (χ0n) is 19.1. The first-order valence-electron chi connectivity index (χ1n) is 10.5. The molecule has 0 atom stereocenters. The molecule has 0 unspecified atom stereocenters. The fourth-order valence-electron chi connectivity index (χ4n) is 3.76. The molecule has 9 heteroatoms. The summed E-state index contributed by atoms with van der Waals surface area (Å²) in [5.74, 6) is 3.00. The van der Waals surface area contributed by atoms with Crippen LogP contribution in [0.1, 0.15) is 12.5 Å². The highest BCUT2D eigenvalue weighted by atomic mass is 127. The lowest BCUT2D eigenvalue weighted by Crippen LogP contribution is -2.52. The van der Waals surface area contributed by atoms with Crippen LogP contribution in [0.2, 0.25) is 0 Å². The quantitative estimate of drug-likeness (QED) is 0.308. The number of nitrogens with zero attached hydrogens (tertiary/aromatic N) is 3. The first-order valence-corrected chi connectivity index (χ1v) is 10.5. The maximum absolute atomic E-state index is 10.1. The predicted molar refractivity (Wildman–Crippen MR) is 138 cm³/mol. The summed E-state index contributed by atoms with van der Waals surface area (Å²) < 4.78 is 16.4. The van der Waals surface area contributed by atoms with Crippen LogP contribution in [0.5, 0.6) is 23.0 Å². The van der Waals surface area contributed by atoms with Crippen molar-refractivity contribution >= 4 is 35.6 Å². The summed E-state index contributed by atoms with van der Waals surface area (Å²) in [6.07, 6.45) is 0. The zero-order valence-corrected chi connectivity index (χ0v) is 21.5. The third kappa shape index (κ3) is 5.81. The van der Waals surface area contributed by atoms with E-state index in [4.69, 9.17) is 19.2 Å². The number of phenolic OH excluding ortho intramolecular Hbond substituents is 1. The number of phenols is 1. The summed E-state index contributed by atoms with van der Waals surface area (Å²) in [5.41, 5.74) is 1.79. The maximum Gasteiger partial charge on any atom is 0.203 e. The van der Waals surface area contributed by atoms with Gasteiger partial charge in [0.1, 0.15) is 5.75 Å². The average Bonchev–Trinajstić information content (AvgIpc) is 2.81. The number of aliphatic imine (C=N–C) groups is 1. The average molecular weight is 556 g/mol. The van der Waals surface area contributed by atoms with Crippen LogP contribution in [-0.2, 0) is 6.54 Å². The number of rotatable bonds is 7. The van der Waals surface area contributed by atoms with Crippen LogP contribution in [0.25, 0.3) is 0 Å². The van der Waals surface area contributed by atoms with Gasteiger partial charge in [-0.1, -0.05) is 12.1 Å². The van der Waals surface area contributed by atoms with E-state index >= 15 is 0 Å². The molecule has 0 aliphatic carbocycles. The van der Waals surface area contributed by atoms with Crippen molar-refractivity contribution in [2.45, 2.75) is 13.5 Å². The van der Waals surface area contributed by atoms with Crippen molar-refractivity contribution in [3.05, 3.63) is 42.0 Å². The number of halogens is 1. The van der Waals surface area contributed by atoms with Gasteiger partial charge < -0.3 is 34.4 Å². The molecule has 1 fully saturated rings. The van der Waals surface area contributed by atoms with Crippen molar-refractivity contribution in [2.24, 2.45) is 4.99 Å². The third-order valence-corrected chi connectivity index (χ3v) is 5.32. The highest BCUT2D eigenvalue weighted by molar-refractivity contribution is 14.0. The Bertz CT molecular complexity index is 902. The van der Waals surface area contributed by atoms with Gasteiger partial charge in [-0.25, -0.2) is 4.99 Å². The van der Waals surface area contributed by atoms with Crippen LogP contribution in [0.4, 0.5) is 5.69 Å². The number of piperazine rings is 1. The molecule has 0 spiro atoms. The monoisotopic (exact) mass is 556 g/mol. The Morgan fingerprint density at radius 2 is 1.66 bits per heavy atom. The van der Waals surface area contributed by atoms with Gasteiger partial charge in [0.25, 0.3) is 0 Å². The smallest absolute Gasteiger partial charge is 0.203 e. The predicted octanol–water partition coefficient (Wildman–Crippen LogP) is 3.32.